The minimum absolute atomic E-state index is 0.0444. The van der Waals surface area contributed by atoms with Crippen LogP contribution in [-0.4, -0.2) is 177 Å². The van der Waals surface area contributed by atoms with E-state index in [4.69, 9.17) is 63.6 Å². The van der Waals surface area contributed by atoms with Crippen molar-refractivity contribution in [3.05, 3.63) is 270 Å². The van der Waals surface area contributed by atoms with Gasteiger partial charge in [0.05, 0.1) is 81.7 Å². The molecule has 2 saturated carbocycles. The number of H-pyrrole nitrogens is 2. The number of nitrogens with one attached hydrogen (secondary N) is 2. The number of pyridine rings is 4. The van der Waals surface area contributed by atoms with Gasteiger partial charge in [0.15, 0.2) is 33.8 Å². The van der Waals surface area contributed by atoms with Crippen LogP contribution in [0.2, 0.25) is 0 Å². The Balaban J connectivity index is 0.000000106. The van der Waals surface area contributed by atoms with Gasteiger partial charge in [-0.3, -0.25) is 29.4 Å². The van der Waals surface area contributed by atoms with Crippen LogP contribution in [0, 0.1) is 27.7 Å². The SMILES string of the molecule is CCN1CCC(n2c(Cn3nc(-c4cn[nH]c4)c4c(N)ncnc43)cc3cccc(C)c3c2=O)CC1.Cc1cccc2cc(Cn3nc(-c4ccc5oc(N)nc5c4)c4c(N)ncnc43)n(C3CC3)c(=O)c12.Cc1cccc2cc(Cn3nc(-c4ccc5oc(N)nc5c4)c4c(N)ncnc43)n(C3CCC3)c(=O)c12.Cc1cccc2cc(Cn3nc(-c4cn[nH]c4)c4c(N)ncnc43)n(C3CCN(C)CC3)c(=O)c12. The molecule has 40 heteroatoms. The number of fused-ring (bicyclic) bond motifs is 10. The molecular formula is C104H102N34O6. The molecule has 6 aromatic carbocycles. The summed E-state index contributed by atoms with van der Waals surface area (Å²) in [6.45, 7) is 16.6. The Morgan fingerprint density at radius 1 is 0.354 bits per heavy atom. The van der Waals surface area contributed by atoms with Gasteiger partial charge in [-0.2, -0.15) is 40.6 Å². The highest BCUT2D eigenvalue weighted by Gasteiger charge is 2.34. The largest absolute Gasteiger partial charge is 0.424 e. The van der Waals surface area contributed by atoms with Crippen molar-refractivity contribution in [1.82, 2.24) is 137 Å². The molecule has 724 valence electrons. The number of anilines is 6. The number of likely N-dealkylation sites (tertiary alicyclic amines) is 2. The summed E-state index contributed by atoms with van der Waals surface area (Å²) in [7, 11) is 2.13. The molecule has 4 fully saturated rings. The average molecular weight is 1920 g/mol. The van der Waals surface area contributed by atoms with Gasteiger partial charge in [0, 0.05) is 94.7 Å². The van der Waals surface area contributed by atoms with E-state index in [9.17, 15) is 19.2 Å². The third-order valence-electron chi connectivity index (χ3n) is 28.6. The third-order valence-corrected chi connectivity index (χ3v) is 28.6. The van der Waals surface area contributed by atoms with E-state index in [1.807, 2.05) is 152 Å². The number of rotatable bonds is 17. The molecule has 0 amide bonds. The monoisotopic (exact) mass is 1920 g/mol. The topological polar surface area (TPSA) is 534 Å². The predicted octanol–water partition coefficient (Wildman–Crippen LogP) is 13.9. The van der Waals surface area contributed by atoms with E-state index < -0.39 is 0 Å². The summed E-state index contributed by atoms with van der Waals surface area (Å²) < 4.78 is 26.0. The highest BCUT2D eigenvalue weighted by atomic mass is 16.4. The predicted molar refractivity (Wildman–Crippen MR) is 554 cm³/mol. The minimum Gasteiger partial charge on any atom is -0.424 e. The van der Waals surface area contributed by atoms with E-state index in [-0.39, 0.29) is 58.4 Å². The fourth-order valence-electron chi connectivity index (χ4n) is 21.2. The number of aromatic nitrogens is 26. The summed E-state index contributed by atoms with van der Waals surface area (Å²) in [5.74, 6) is 1.38. The molecule has 2 aliphatic carbocycles. The van der Waals surface area contributed by atoms with Crippen LogP contribution in [0.3, 0.4) is 0 Å². The van der Waals surface area contributed by atoms with Crippen molar-refractivity contribution >= 4 is 145 Å². The van der Waals surface area contributed by atoms with Gasteiger partial charge in [0.1, 0.15) is 82.4 Å². The zero-order valence-electron chi connectivity index (χ0n) is 79.9. The first-order valence-corrected chi connectivity index (χ1v) is 48.2. The van der Waals surface area contributed by atoms with E-state index in [0.717, 1.165) is 201 Å². The van der Waals surface area contributed by atoms with Crippen LogP contribution in [-0.2, 0) is 26.2 Å². The quantitative estimate of drug-likeness (QED) is 0.0420. The molecule has 2 saturated heterocycles. The molecule has 0 spiro atoms. The molecule has 144 heavy (non-hydrogen) atoms. The zero-order valence-corrected chi connectivity index (χ0v) is 79.9. The van der Waals surface area contributed by atoms with Crippen molar-refractivity contribution in [3.63, 3.8) is 0 Å². The molecule has 18 heterocycles. The van der Waals surface area contributed by atoms with Crippen LogP contribution in [0.1, 0.15) is 134 Å². The fourth-order valence-corrected chi connectivity index (χ4v) is 21.2. The van der Waals surface area contributed by atoms with Crippen LogP contribution in [0.5, 0.6) is 0 Å². The Bertz CT molecular complexity index is 9090. The van der Waals surface area contributed by atoms with Crippen molar-refractivity contribution in [1.29, 1.82) is 0 Å². The van der Waals surface area contributed by atoms with Gasteiger partial charge in [-0.05, 0) is 217 Å². The van der Waals surface area contributed by atoms with Crippen molar-refractivity contribution < 1.29 is 8.83 Å². The smallest absolute Gasteiger partial charge is 0.292 e. The molecule has 0 radical (unpaired) electrons. The Morgan fingerprint density at radius 2 is 0.660 bits per heavy atom. The molecule has 40 nitrogen and oxygen atoms in total. The molecule has 26 rings (SSSR count). The molecule has 16 aromatic heterocycles. The van der Waals surface area contributed by atoms with E-state index in [1.165, 1.54) is 25.3 Å². The second-order valence-electron chi connectivity index (χ2n) is 37.7. The van der Waals surface area contributed by atoms with Gasteiger partial charge in [0.25, 0.3) is 34.3 Å². The first-order chi connectivity index (χ1) is 70.0. The van der Waals surface area contributed by atoms with Crippen molar-refractivity contribution in [2.24, 2.45) is 0 Å². The summed E-state index contributed by atoms with van der Waals surface area (Å²) in [5, 5.41) is 42.9. The van der Waals surface area contributed by atoms with Crippen LogP contribution in [0.4, 0.5) is 35.3 Å². The number of piperidine rings is 2. The normalized spacial score (nSPS) is 14.6. The van der Waals surface area contributed by atoms with Gasteiger partial charge in [0.2, 0.25) is 0 Å². The Morgan fingerprint density at radius 3 is 0.951 bits per heavy atom. The molecule has 0 unspecified atom stereocenters. The number of nitrogen functional groups attached to an aromatic ring is 6. The van der Waals surface area contributed by atoms with E-state index in [2.05, 4.69) is 118 Å². The van der Waals surface area contributed by atoms with Crippen LogP contribution >= 0.6 is 0 Å². The second-order valence-corrected chi connectivity index (χ2v) is 37.7. The number of aromatic amines is 2. The lowest BCUT2D eigenvalue weighted by molar-refractivity contribution is 0.191. The number of nitrogens with zero attached hydrogens (tertiary/aromatic N) is 26. The van der Waals surface area contributed by atoms with E-state index in [0.29, 0.717) is 139 Å². The molecule has 0 atom stereocenters. The molecule has 14 N–H and O–H groups in total. The van der Waals surface area contributed by atoms with Gasteiger partial charge >= 0.3 is 0 Å². The number of hydrogen-bond donors (Lipinski definition) is 8. The Kier molecular flexibility index (Phi) is 22.9. The first-order valence-electron chi connectivity index (χ1n) is 48.2. The van der Waals surface area contributed by atoms with Crippen LogP contribution < -0.4 is 56.6 Å². The molecule has 0 bridgehead atoms. The van der Waals surface area contributed by atoms with Gasteiger partial charge < -0.3 is 71.3 Å². The van der Waals surface area contributed by atoms with Crippen molar-refractivity contribution in [2.75, 3.05) is 74.2 Å². The lowest BCUT2D eigenvalue weighted by Gasteiger charge is -2.33. The maximum absolute atomic E-state index is 14.0. The van der Waals surface area contributed by atoms with Crippen LogP contribution in [0.25, 0.3) is 154 Å². The molecule has 4 aliphatic rings. The number of aryl methyl sites for hydroxylation is 4. The fraction of sp³-hybridized carbons (Fsp3) is 0.269. The molecule has 2 aliphatic heterocycles. The Labute approximate surface area is 818 Å². The number of hydrogen-bond acceptors (Lipinski definition) is 30. The third kappa shape index (κ3) is 16.3. The summed E-state index contributed by atoms with van der Waals surface area (Å²) in [5.41, 5.74) is 55.0. The highest BCUT2D eigenvalue weighted by molar-refractivity contribution is 6.03. The maximum Gasteiger partial charge on any atom is 0.292 e. The number of nitrogens with two attached hydrogens (primary N) is 6. The molecule has 22 aromatic rings. The number of oxazole rings is 2. The zero-order chi connectivity index (χ0) is 98.7. The number of benzene rings is 6. The van der Waals surface area contributed by atoms with Gasteiger partial charge in [-0.1, -0.05) is 79.7 Å². The first kappa shape index (κ1) is 90.3. The second kappa shape index (κ2) is 36.6. The lowest BCUT2D eigenvalue weighted by atomic mass is 9.91. The van der Waals surface area contributed by atoms with E-state index >= 15 is 0 Å². The highest BCUT2D eigenvalue weighted by Crippen LogP contribution is 2.42. The summed E-state index contributed by atoms with van der Waals surface area (Å²) in [6.07, 6.45) is 21.5. The summed E-state index contributed by atoms with van der Waals surface area (Å²) in [4.78, 5) is 103. The average Bonchev–Trinajstić information content (AvgIpc) is 1.78. The van der Waals surface area contributed by atoms with Gasteiger partial charge in [-0.15, -0.1) is 0 Å². The van der Waals surface area contributed by atoms with E-state index in [1.54, 1.807) is 46.3 Å². The Hall–Kier alpha value is -17.6. The minimum atomic E-state index is 0.0444. The van der Waals surface area contributed by atoms with Crippen molar-refractivity contribution in [3.8, 4) is 45.0 Å². The lowest BCUT2D eigenvalue weighted by Crippen LogP contribution is -2.38. The maximum atomic E-state index is 14.0. The molecular weight excluding hydrogens is 1820 g/mol. The summed E-state index contributed by atoms with van der Waals surface area (Å²) in [6, 6.07) is 44.3. The standard InChI is InChI=1S/C27H24N8O2.C26H29N9O.C26H22N8O2.C25H27N9O/c1-14-4-2-5-15-10-18(35(17-6-3-7-17)26(36)21(14)15)12-34-25-22(24(28)30-13-31-25)23(33-34)16-8-9-20-19(11-16)32-27(29)37-20;1-3-33-9-7-19(8-10-33)35-20(11-17-6-4-5-16(2)21(17)26(35)36)14-34-25-22(24(27)28-15-29-25)23(32-34)18-12-30-31-13-18;1-13-3-2-4-14-9-17(34(16-6-7-16)25(35)20(13)14)11-33-24-21(23(27)29-12-30-24)22(32-33)15-5-8-19-18(10-15)31-26(28)36-19;1-15-4-3-5-16-10-19(34(25(35)20(15)16)18-6-8-32(2)9-7-18)13-33-24-21(23(26)27-14-28-24)22(31-33)17-11-29-30-12-17/h2,4-5,8-11,13,17H,3,6-7,12H2,1H3,(H2,29,32)(H2,28,30,31);4-6,11-13,15,19H,3,7-10,14H2,1-2H3,(H,30,31)(H2,27,28,29);2-5,8-10,12,16H,6-7,11H2,1H3,(H2,28,31)(H2,27,29,30);3-5,10-12,14,18H,6-9,13H2,1-2H3,(H,29,30)(H2,26,27,28). The van der Waals surface area contributed by atoms with Crippen molar-refractivity contribution in [2.45, 2.75) is 143 Å². The summed E-state index contributed by atoms with van der Waals surface area (Å²) >= 11 is 0. The van der Waals surface area contributed by atoms with Crippen LogP contribution in [0.15, 0.2) is 212 Å². The van der Waals surface area contributed by atoms with Gasteiger partial charge in [-0.25, -0.2) is 58.6 Å².